The maximum atomic E-state index is 3.54. The first-order valence-corrected chi connectivity index (χ1v) is 11.7. The fraction of sp³-hybridized carbons (Fsp3) is 0.0303. The molecule has 0 saturated carbocycles. The lowest BCUT2D eigenvalue weighted by molar-refractivity contribution is 0.752. The van der Waals surface area contributed by atoms with E-state index in [0.717, 1.165) is 5.52 Å². The third-order valence-electron chi connectivity index (χ3n) is 6.83. The summed E-state index contributed by atoms with van der Waals surface area (Å²) in [7, 11) is 0. The van der Waals surface area contributed by atoms with Gasteiger partial charge in [0.25, 0.3) is 0 Å². The summed E-state index contributed by atoms with van der Waals surface area (Å²) in [4.78, 5) is 3.54. The van der Waals surface area contributed by atoms with Crippen molar-refractivity contribution >= 4 is 10.9 Å². The summed E-state index contributed by atoms with van der Waals surface area (Å²) < 4.78 is 0. The topological polar surface area (TPSA) is 15.8 Å². The molecule has 162 valence electrons. The molecule has 0 aliphatic heterocycles. The lowest BCUT2D eigenvalue weighted by Gasteiger charge is -2.36. The Kier molecular flexibility index (Phi) is 5.08. The number of hydrogen-bond donors (Lipinski definition) is 1. The first-order chi connectivity index (χ1) is 16.9. The maximum Gasteiger partial charge on any atom is 0.0722 e. The SMILES string of the molecule is c1ccc(-c2ccc(C(c3ccccc3)(c3ccccc3)c3c[nH]c4ccccc34)cc2)cc1. The molecular weight excluding hydrogens is 410 g/mol. The molecule has 0 bridgehead atoms. The average molecular weight is 436 g/mol. The van der Waals surface area contributed by atoms with E-state index in [0.29, 0.717) is 0 Å². The Morgan fingerprint density at radius 3 is 1.50 bits per heavy atom. The highest BCUT2D eigenvalue weighted by molar-refractivity contribution is 5.87. The Labute approximate surface area is 200 Å². The van der Waals surface area contributed by atoms with Crippen LogP contribution in [0.25, 0.3) is 22.0 Å². The van der Waals surface area contributed by atoms with Crippen molar-refractivity contribution in [2.24, 2.45) is 0 Å². The van der Waals surface area contributed by atoms with Gasteiger partial charge in [0.2, 0.25) is 0 Å². The van der Waals surface area contributed by atoms with Crippen molar-refractivity contribution in [3.05, 3.63) is 168 Å². The van der Waals surface area contributed by atoms with Gasteiger partial charge in [0.15, 0.2) is 0 Å². The van der Waals surface area contributed by atoms with Crippen LogP contribution in [-0.4, -0.2) is 4.98 Å². The number of nitrogens with one attached hydrogen (secondary N) is 1. The Bertz CT molecular complexity index is 1470. The minimum atomic E-state index is -0.461. The molecule has 6 aromatic rings. The zero-order valence-electron chi connectivity index (χ0n) is 18.9. The van der Waals surface area contributed by atoms with Gasteiger partial charge >= 0.3 is 0 Å². The third-order valence-corrected chi connectivity index (χ3v) is 6.83. The van der Waals surface area contributed by atoms with Gasteiger partial charge in [-0.1, -0.05) is 133 Å². The summed E-state index contributed by atoms with van der Waals surface area (Å²) >= 11 is 0. The summed E-state index contributed by atoms with van der Waals surface area (Å²) in [6.07, 6.45) is 2.19. The first-order valence-electron chi connectivity index (χ1n) is 11.7. The van der Waals surface area contributed by atoms with Gasteiger partial charge in [0.1, 0.15) is 0 Å². The van der Waals surface area contributed by atoms with Crippen LogP contribution in [0, 0.1) is 0 Å². The predicted molar refractivity (Wildman–Crippen MR) is 142 cm³/mol. The van der Waals surface area contributed by atoms with Gasteiger partial charge in [-0.05, 0) is 39.4 Å². The van der Waals surface area contributed by atoms with Crippen LogP contribution >= 0.6 is 0 Å². The van der Waals surface area contributed by atoms with Crippen molar-refractivity contribution in [1.82, 2.24) is 4.98 Å². The fourth-order valence-corrected chi connectivity index (χ4v) is 5.27. The number of rotatable bonds is 5. The van der Waals surface area contributed by atoms with Gasteiger partial charge in [-0.2, -0.15) is 0 Å². The molecule has 1 N–H and O–H groups in total. The molecule has 1 aromatic heterocycles. The molecule has 0 unspecified atom stereocenters. The largest absolute Gasteiger partial charge is 0.361 e. The summed E-state index contributed by atoms with van der Waals surface area (Å²) in [6, 6.07) is 50.0. The second-order valence-electron chi connectivity index (χ2n) is 8.67. The highest BCUT2D eigenvalue weighted by Crippen LogP contribution is 2.47. The van der Waals surface area contributed by atoms with E-state index in [4.69, 9.17) is 0 Å². The van der Waals surface area contributed by atoms with Crippen molar-refractivity contribution in [2.75, 3.05) is 0 Å². The molecule has 0 aliphatic rings. The van der Waals surface area contributed by atoms with Gasteiger partial charge in [0.05, 0.1) is 5.41 Å². The van der Waals surface area contributed by atoms with Crippen molar-refractivity contribution < 1.29 is 0 Å². The van der Waals surface area contributed by atoms with E-state index in [1.54, 1.807) is 0 Å². The summed E-state index contributed by atoms with van der Waals surface area (Å²) in [5.41, 5.74) is 8.13. The lowest BCUT2D eigenvalue weighted by Crippen LogP contribution is -2.30. The van der Waals surface area contributed by atoms with Crippen LogP contribution in [0.4, 0.5) is 0 Å². The lowest BCUT2D eigenvalue weighted by atomic mass is 9.65. The summed E-state index contributed by atoms with van der Waals surface area (Å²) in [5.74, 6) is 0. The number of aromatic amines is 1. The minimum absolute atomic E-state index is 0.461. The second-order valence-corrected chi connectivity index (χ2v) is 8.67. The fourth-order valence-electron chi connectivity index (χ4n) is 5.27. The molecule has 0 fully saturated rings. The molecule has 6 rings (SSSR count). The zero-order chi connectivity index (χ0) is 22.8. The van der Waals surface area contributed by atoms with Crippen LogP contribution in [0.1, 0.15) is 22.3 Å². The highest BCUT2D eigenvalue weighted by atomic mass is 14.7. The van der Waals surface area contributed by atoms with Crippen molar-refractivity contribution in [1.29, 1.82) is 0 Å². The normalized spacial score (nSPS) is 11.5. The Morgan fingerprint density at radius 1 is 0.412 bits per heavy atom. The number of para-hydroxylation sites is 1. The van der Waals surface area contributed by atoms with E-state index in [1.165, 1.54) is 38.8 Å². The van der Waals surface area contributed by atoms with Crippen molar-refractivity contribution in [3.63, 3.8) is 0 Å². The van der Waals surface area contributed by atoms with E-state index in [9.17, 15) is 0 Å². The Morgan fingerprint density at radius 2 is 0.882 bits per heavy atom. The molecule has 0 saturated heterocycles. The molecule has 1 heterocycles. The van der Waals surface area contributed by atoms with Gasteiger partial charge < -0.3 is 4.98 Å². The molecule has 0 radical (unpaired) electrons. The molecule has 0 aliphatic carbocycles. The number of aromatic nitrogens is 1. The molecule has 0 amide bonds. The molecule has 1 heteroatoms. The van der Waals surface area contributed by atoms with Crippen LogP contribution < -0.4 is 0 Å². The number of benzene rings is 5. The Balaban J connectivity index is 1.68. The highest BCUT2D eigenvalue weighted by Gasteiger charge is 2.40. The average Bonchev–Trinajstić information content (AvgIpc) is 3.36. The van der Waals surface area contributed by atoms with Crippen LogP contribution in [0.5, 0.6) is 0 Å². The zero-order valence-corrected chi connectivity index (χ0v) is 18.9. The van der Waals surface area contributed by atoms with E-state index in [1.807, 2.05) is 0 Å². The van der Waals surface area contributed by atoms with E-state index in [2.05, 4.69) is 151 Å². The quantitative estimate of drug-likeness (QED) is 0.263. The monoisotopic (exact) mass is 435 g/mol. The molecule has 0 spiro atoms. The smallest absolute Gasteiger partial charge is 0.0722 e. The number of fused-ring (bicyclic) bond motifs is 1. The molecule has 34 heavy (non-hydrogen) atoms. The first kappa shape index (κ1) is 20.3. The molecule has 1 nitrogen and oxygen atoms in total. The Hall–Kier alpha value is -4.36. The van der Waals surface area contributed by atoms with Crippen LogP contribution in [-0.2, 0) is 5.41 Å². The van der Waals surface area contributed by atoms with E-state index < -0.39 is 5.41 Å². The molecule has 0 atom stereocenters. The summed E-state index contributed by atoms with van der Waals surface area (Å²) in [5, 5.41) is 1.24. The van der Waals surface area contributed by atoms with Gasteiger partial charge in [-0.3, -0.25) is 0 Å². The van der Waals surface area contributed by atoms with E-state index in [-0.39, 0.29) is 0 Å². The molecular formula is C33H25N. The summed E-state index contributed by atoms with van der Waals surface area (Å²) in [6.45, 7) is 0. The minimum Gasteiger partial charge on any atom is -0.361 e. The van der Waals surface area contributed by atoms with Crippen LogP contribution in [0.3, 0.4) is 0 Å². The second kappa shape index (κ2) is 8.53. The third kappa shape index (κ3) is 3.25. The number of H-pyrrole nitrogens is 1. The van der Waals surface area contributed by atoms with Crippen molar-refractivity contribution in [3.8, 4) is 11.1 Å². The van der Waals surface area contributed by atoms with Crippen LogP contribution in [0.2, 0.25) is 0 Å². The van der Waals surface area contributed by atoms with Gasteiger partial charge in [-0.15, -0.1) is 0 Å². The van der Waals surface area contributed by atoms with Gasteiger partial charge in [0, 0.05) is 17.1 Å². The van der Waals surface area contributed by atoms with Gasteiger partial charge in [-0.25, -0.2) is 0 Å². The van der Waals surface area contributed by atoms with E-state index >= 15 is 0 Å². The number of hydrogen-bond acceptors (Lipinski definition) is 0. The van der Waals surface area contributed by atoms with Crippen molar-refractivity contribution in [2.45, 2.75) is 5.41 Å². The maximum absolute atomic E-state index is 3.54. The standard InChI is InChI=1S/C33H25N/c1-4-12-25(13-5-1)26-20-22-29(23-21-26)33(27-14-6-2-7-15-27,28-16-8-3-9-17-28)31-24-34-32-19-11-10-18-30(31)32/h1-24,34H. The predicted octanol–water partition coefficient (Wildman–Crippen LogP) is 8.22. The van der Waals surface area contributed by atoms with Crippen LogP contribution in [0.15, 0.2) is 146 Å². The molecule has 5 aromatic carbocycles.